The molecule has 0 spiro atoms. The first-order valence-electron chi connectivity index (χ1n) is 14.6. The molecule has 1 amide bonds. The van der Waals surface area contributed by atoms with Gasteiger partial charge in [0, 0.05) is 13.1 Å². The third-order valence-electron chi connectivity index (χ3n) is 8.29. The Kier molecular flexibility index (Phi) is 8.94. The van der Waals surface area contributed by atoms with Gasteiger partial charge in [0.15, 0.2) is 23.1 Å². The summed E-state index contributed by atoms with van der Waals surface area (Å²) in [5, 5.41) is 22.8. The molecule has 2 aromatic heterocycles. The van der Waals surface area contributed by atoms with Crippen LogP contribution >= 0.6 is 0 Å². The number of alkyl halides is 3. The number of fused-ring (bicyclic) bond motifs is 1. The minimum absolute atomic E-state index is 0.0490. The van der Waals surface area contributed by atoms with Crippen molar-refractivity contribution in [3.63, 3.8) is 0 Å². The summed E-state index contributed by atoms with van der Waals surface area (Å²) in [6, 6.07) is 12.3. The van der Waals surface area contributed by atoms with Crippen molar-refractivity contribution in [1.82, 2.24) is 24.8 Å². The molecule has 4 aromatic rings. The number of anilines is 2. The molecule has 4 N–H and O–H groups in total. The van der Waals surface area contributed by atoms with E-state index in [4.69, 9.17) is 10.4 Å². The number of hydrogen-bond donors (Lipinski definition) is 4. The van der Waals surface area contributed by atoms with E-state index in [1.807, 2.05) is 61.4 Å². The lowest BCUT2D eigenvalue weighted by Gasteiger charge is -2.32. The van der Waals surface area contributed by atoms with Gasteiger partial charge in [-0.15, -0.1) is 0 Å². The number of amidine groups is 1. The molecule has 2 aromatic carbocycles. The highest BCUT2D eigenvalue weighted by Crippen LogP contribution is 2.36. The Bertz CT molecular complexity index is 1710. The maximum absolute atomic E-state index is 14.7. The molecule has 0 bridgehead atoms. The second-order valence-corrected chi connectivity index (χ2v) is 11.3. The molecule has 1 unspecified atom stereocenters. The molecular weight excluding hydrogens is 592 g/mol. The smallest absolute Gasteiger partial charge is 0.419 e. The fraction of sp³-hybridized carbons (Fsp3) is 0.387. The van der Waals surface area contributed by atoms with Gasteiger partial charge in [0.2, 0.25) is 5.95 Å². The third kappa shape index (κ3) is 6.69. The van der Waals surface area contributed by atoms with Crippen molar-refractivity contribution >= 4 is 34.9 Å². The zero-order valence-electron chi connectivity index (χ0n) is 25.0. The first-order chi connectivity index (χ1) is 21.4. The maximum atomic E-state index is 14.7. The summed E-state index contributed by atoms with van der Waals surface area (Å²) < 4.78 is 56.4. The Morgan fingerprint density at radius 2 is 1.87 bits per heavy atom. The molecule has 1 fully saturated rings. The molecular formula is C31H34F4N8O2. The van der Waals surface area contributed by atoms with Crippen LogP contribution in [0.3, 0.4) is 0 Å². The molecule has 5 rings (SSSR count). The van der Waals surface area contributed by atoms with Gasteiger partial charge >= 0.3 is 12.3 Å². The molecule has 0 aliphatic heterocycles. The lowest BCUT2D eigenvalue weighted by molar-refractivity contribution is -0.140. The topological polar surface area (TPSA) is 132 Å². The zero-order valence-corrected chi connectivity index (χ0v) is 25.0. The van der Waals surface area contributed by atoms with Gasteiger partial charge in [-0.3, -0.25) is 10.7 Å². The number of carboxylic acid groups (broad SMARTS) is 1. The predicted octanol–water partition coefficient (Wildman–Crippen LogP) is 6.81. The van der Waals surface area contributed by atoms with E-state index in [9.17, 15) is 27.5 Å². The van der Waals surface area contributed by atoms with Crippen LogP contribution in [0.15, 0.2) is 48.5 Å². The van der Waals surface area contributed by atoms with E-state index >= 15 is 0 Å². The van der Waals surface area contributed by atoms with E-state index < -0.39 is 29.5 Å². The fourth-order valence-electron chi connectivity index (χ4n) is 5.71. The van der Waals surface area contributed by atoms with E-state index in [1.54, 1.807) is 4.57 Å². The first-order valence-corrected chi connectivity index (χ1v) is 14.6. The third-order valence-corrected chi connectivity index (χ3v) is 8.29. The largest absolute Gasteiger partial charge is 0.465 e. The quantitative estimate of drug-likeness (QED) is 0.0864. The molecule has 1 aliphatic rings. The van der Waals surface area contributed by atoms with E-state index in [0.717, 1.165) is 37.0 Å². The summed E-state index contributed by atoms with van der Waals surface area (Å²) in [7, 11) is 1.83. The highest BCUT2D eigenvalue weighted by molar-refractivity contribution is 6.03. The SMILES string of the molecule is CCC(c1ccccc1)N(C)c1nc2nc(C(=N)NC(=O)O)nc(N[C@H](C)C3CCC3)c2n1Cc1ccc(C(F)(F)F)c(F)c1. The minimum Gasteiger partial charge on any atom is -0.465 e. The van der Waals surface area contributed by atoms with Crippen LogP contribution in [0.4, 0.5) is 34.1 Å². The monoisotopic (exact) mass is 626 g/mol. The van der Waals surface area contributed by atoms with Gasteiger partial charge in [-0.25, -0.2) is 19.2 Å². The standard InChI is InChI=1S/C31H34F4N8O2/c1-4-23(20-9-6-5-7-10-20)42(3)29-41-27-24(43(29)16-18-13-14-21(22(32)15-18)31(33,34)35)26(37-17(2)19-11-8-12-19)39-28(40-27)25(36)38-30(44)45/h5-7,9-10,13-15,17,19,23H,4,8,11-12,16H2,1-3H3,(H2,36,38)(H,44,45)(H,37,39,40)/t17-,23?/m1/s1. The van der Waals surface area contributed by atoms with Gasteiger partial charge in [-0.05, 0) is 55.4 Å². The highest BCUT2D eigenvalue weighted by atomic mass is 19.4. The molecule has 0 saturated heterocycles. The number of amides is 1. The Morgan fingerprint density at radius 3 is 2.44 bits per heavy atom. The Hall–Kier alpha value is -4.75. The highest BCUT2D eigenvalue weighted by Gasteiger charge is 2.34. The van der Waals surface area contributed by atoms with Crippen molar-refractivity contribution in [2.75, 3.05) is 17.3 Å². The van der Waals surface area contributed by atoms with Crippen LogP contribution in [0.1, 0.15) is 68.1 Å². The van der Waals surface area contributed by atoms with E-state index in [-0.39, 0.29) is 41.5 Å². The molecule has 1 saturated carbocycles. The molecule has 10 nitrogen and oxygen atoms in total. The van der Waals surface area contributed by atoms with Crippen LogP contribution in [0.25, 0.3) is 11.2 Å². The lowest BCUT2D eigenvalue weighted by atomic mass is 9.80. The average Bonchev–Trinajstić information content (AvgIpc) is 3.30. The minimum atomic E-state index is -4.84. The van der Waals surface area contributed by atoms with Crippen molar-refractivity contribution in [3.05, 3.63) is 76.9 Å². The summed E-state index contributed by atoms with van der Waals surface area (Å²) in [5.41, 5.74) is 0.418. The summed E-state index contributed by atoms with van der Waals surface area (Å²) in [6.07, 6.45) is -2.50. The maximum Gasteiger partial charge on any atom is 0.419 e. The van der Waals surface area contributed by atoms with E-state index in [1.165, 1.54) is 6.07 Å². The van der Waals surface area contributed by atoms with E-state index in [0.29, 0.717) is 23.8 Å². The number of carbonyl (C=O) groups is 1. The van der Waals surface area contributed by atoms with Gasteiger partial charge in [0.1, 0.15) is 11.3 Å². The Balaban J connectivity index is 1.70. The van der Waals surface area contributed by atoms with Gasteiger partial charge in [-0.1, -0.05) is 49.7 Å². The number of imidazole rings is 1. The van der Waals surface area contributed by atoms with Gasteiger partial charge in [0.05, 0.1) is 18.2 Å². The van der Waals surface area contributed by atoms with Gasteiger partial charge in [0.25, 0.3) is 0 Å². The van der Waals surface area contributed by atoms with Crippen LogP contribution in [0, 0.1) is 17.1 Å². The molecule has 0 radical (unpaired) electrons. The summed E-state index contributed by atoms with van der Waals surface area (Å²) in [4.78, 5) is 27.0. The first kappa shape index (κ1) is 31.7. The number of benzene rings is 2. The zero-order chi connectivity index (χ0) is 32.5. The van der Waals surface area contributed by atoms with Gasteiger partial charge < -0.3 is 19.9 Å². The average molecular weight is 627 g/mol. The number of rotatable bonds is 10. The van der Waals surface area contributed by atoms with E-state index in [2.05, 4.69) is 15.3 Å². The lowest BCUT2D eigenvalue weighted by Crippen LogP contribution is -2.33. The second kappa shape index (κ2) is 12.7. The molecule has 45 heavy (non-hydrogen) atoms. The van der Waals surface area contributed by atoms with Gasteiger partial charge in [-0.2, -0.15) is 18.2 Å². The van der Waals surface area contributed by atoms with Crippen molar-refractivity contribution < 1.29 is 27.5 Å². The fourth-order valence-corrected chi connectivity index (χ4v) is 5.71. The summed E-state index contributed by atoms with van der Waals surface area (Å²) in [5.74, 6) is -1.13. The summed E-state index contributed by atoms with van der Waals surface area (Å²) >= 11 is 0. The molecule has 2 atom stereocenters. The number of hydrogen-bond acceptors (Lipinski definition) is 7. The normalized spacial score (nSPS) is 14.9. The number of nitrogens with one attached hydrogen (secondary N) is 3. The van der Waals surface area contributed by atoms with Crippen molar-refractivity contribution in [1.29, 1.82) is 5.41 Å². The van der Waals surface area contributed by atoms with Crippen LogP contribution in [0.5, 0.6) is 0 Å². The Morgan fingerprint density at radius 1 is 1.16 bits per heavy atom. The summed E-state index contributed by atoms with van der Waals surface area (Å²) in [6.45, 7) is 3.94. The number of nitrogens with zero attached hydrogens (tertiary/aromatic N) is 5. The van der Waals surface area contributed by atoms with Crippen LogP contribution in [-0.2, 0) is 12.7 Å². The van der Waals surface area contributed by atoms with Crippen LogP contribution in [-0.4, -0.2) is 49.6 Å². The molecule has 1 aliphatic carbocycles. The molecule has 2 heterocycles. The number of halogens is 4. The molecule has 14 heteroatoms. The van der Waals surface area contributed by atoms with Crippen LogP contribution in [0.2, 0.25) is 0 Å². The second-order valence-electron chi connectivity index (χ2n) is 11.3. The van der Waals surface area contributed by atoms with Crippen molar-refractivity contribution in [2.45, 2.75) is 64.3 Å². The predicted molar refractivity (Wildman–Crippen MR) is 162 cm³/mol. The molecule has 238 valence electrons. The van der Waals surface area contributed by atoms with Crippen molar-refractivity contribution in [3.8, 4) is 0 Å². The Labute approximate surface area is 257 Å². The van der Waals surface area contributed by atoms with Crippen molar-refractivity contribution in [2.24, 2.45) is 5.92 Å². The number of aromatic nitrogens is 4. The van der Waals surface area contributed by atoms with Crippen LogP contribution < -0.4 is 15.5 Å².